The van der Waals surface area contributed by atoms with Crippen molar-refractivity contribution in [3.63, 3.8) is 0 Å². The summed E-state index contributed by atoms with van der Waals surface area (Å²) in [6, 6.07) is -0.131. The Morgan fingerprint density at radius 3 is 2.74 bits per heavy atom. The fourth-order valence-corrected chi connectivity index (χ4v) is 6.35. The minimum Gasteiger partial charge on any atom is -0.358 e. The predicted molar refractivity (Wildman–Crippen MR) is 149 cm³/mol. The highest BCUT2D eigenvalue weighted by Gasteiger charge is 2.38. The molecule has 216 valence electrons. The first-order valence-electron chi connectivity index (χ1n) is 14.6. The largest absolute Gasteiger partial charge is 0.358 e. The molecular weight excluding hydrogens is 502 g/mol. The van der Waals surface area contributed by atoms with Gasteiger partial charge in [0.1, 0.15) is 23.6 Å². The lowest BCUT2D eigenvalue weighted by atomic mass is 9.87. The molecule has 2 fully saturated rings. The molecule has 1 aliphatic carbocycles. The number of nitrogens with one attached hydrogen (secondary N) is 4. The quantitative estimate of drug-likeness (QED) is 0.352. The normalized spacial score (nSPS) is 28.5. The Kier molecular flexibility index (Phi) is 8.88. The van der Waals surface area contributed by atoms with Gasteiger partial charge < -0.3 is 25.3 Å². The summed E-state index contributed by atoms with van der Waals surface area (Å²) in [7, 11) is 2.17. The van der Waals surface area contributed by atoms with Gasteiger partial charge in [-0.2, -0.15) is 0 Å². The van der Waals surface area contributed by atoms with Crippen molar-refractivity contribution in [3.05, 3.63) is 34.8 Å². The number of carbonyl (C=O) groups is 1. The van der Waals surface area contributed by atoms with Gasteiger partial charge in [0.25, 0.3) is 0 Å². The van der Waals surface area contributed by atoms with Crippen molar-refractivity contribution in [2.45, 2.75) is 58.2 Å². The van der Waals surface area contributed by atoms with Crippen LogP contribution in [0.25, 0.3) is 0 Å². The van der Waals surface area contributed by atoms with Crippen LogP contribution in [-0.2, 0) is 4.79 Å². The predicted octanol–water partition coefficient (Wildman–Crippen LogP) is 1.99. The second-order valence-corrected chi connectivity index (χ2v) is 11.6. The zero-order valence-corrected chi connectivity index (χ0v) is 23.5. The summed E-state index contributed by atoms with van der Waals surface area (Å²) in [6.07, 6.45) is 5.70. The Balaban J connectivity index is 1.30. The molecule has 5 rings (SSSR count). The van der Waals surface area contributed by atoms with Crippen LogP contribution in [0.5, 0.6) is 0 Å². The van der Waals surface area contributed by atoms with Crippen LogP contribution in [0.2, 0.25) is 0 Å². The van der Waals surface area contributed by atoms with E-state index in [1.165, 1.54) is 18.9 Å². The van der Waals surface area contributed by atoms with E-state index in [1.807, 2.05) is 6.92 Å². The van der Waals surface area contributed by atoms with Gasteiger partial charge in [-0.25, -0.2) is 8.78 Å². The molecule has 3 atom stereocenters. The Morgan fingerprint density at radius 2 is 1.97 bits per heavy atom. The topological polar surface area (TPSA) is 87.3 Å². The van der Waals surface area contributed by atoms with Crippen LogP contribution in [-0.4, -0.2) is 98.2 Å². The van der Waals surface area contributed by atoms with Crippen molar-refractivity contribution in [2.24, 2.45) is 16.8 Å². The molecule has 0 aromatic carbocycles. The van der Waals surface area contributed by atoms with Crippen LogP contribution in [0.3, 0.4) is 0 Å². The number of hydrogen-bond donors (Lipinski definition) is 4. The van der Waals surface area contributed by atoms with Gasteiger partial charge in [0.2, 0.25) is 5.91 Å². The van der Waals surface area contributed by atoms with Crippen molar-refractivity contribution in [2.75, 3.05) is 59.5 Å². The van der Waals surface area contributed by atoms with E-state index in [-0.39, 0.29) is 30.5 Å². The van der Waals surface area contributed by atoms with Crippen molar-refractivity contribution in [1.29, 1.82) is 0 Å². The summed E-state index contributed by atoms with van der Waals surface area (Å²) in [5.74, 6) is 0.951. The van der Waals surface area contributed by atoms with E-state index in [2.05, 4.69) is 49.9 Å². The molecule has 4 aliphatic heterocycles. The second kappa shape index (κ2) is 12.3. The lowest BCUT2D eigenvalue weighted by molar-refractivity contribution is -0.120. The molecule has 0 radical (unpaired) electrons. The van der Waals surface area contributed by atoms with Gasteiger partial charge in [-0.05, 0) is 50.4 Å². The van der Waals surface area contributed by atoms with Crippen molar-refractivity contribution in [1.82, 2.24) is 36.0 Å². The Bertz CT molecular complexity index is 1050. The van der Waals surface area contributed by atoms with Gasteiger partial charge in [-0.1, -0.05) is 20.3 Å². The molecule has 2 saturated heterocycles. The van der Waals surface area contributed by atoms with Gasteiger partial charge in [0.15, 0.2) is 5.83 Å². The molecule has 1 amide bonds. The maximum Gasteiger partial charge on any atom is 0.238 e. The van der Waals surface area contributed by atoms with Gasteiger partial charge in [0.05, 0.1) is 25.0 Å². The number of fused-ring (bicyclic) bond motifs is 1. The molecule has 0 spiro atoms. The lowest BCUT2D eigenvalue weighted by Crippen LogP contribution is -2.63. The van der Waals surface area contributed by atoms with Crippen molar-refractivity contribution >= 4 is 11.7 Å². The standard InChI is InChI=1S/C28H44F2N8O/c1-4-5-8-36(3)11-12-38-16-23(20-14-22(30)21(29)13-18(20)2)34-27(38)19-6-9-37(10-7-19)28-25-26(32-17-33-28)31-15-24(39)35-25/h14,18-19,23,26,31-33H,4-13,15-17H2,1-3H3,(H,35,39)/t18-,23?,26?/m0/s1. The van der Waals surface area contributed by atoms with Crippen LogP contribution in [0.1, 0.15) is 46.0 Å². The number of aliphatic imine (C=N–C) groups is 1. The van der Waals surface area contributed by atoms with Crippen LogP contribution in [0.15, 0.2) is 39.8 Å². The molecule has 11 heteroatoms. The van der Waals surface area contributed by atoms with E-state index in [0.717, 1.165) is 75.0 Å². The summed E-state index contributed by atoms with van der Waals surface area (Å²) in [6.45, 7) is 10.5. The maximum atomic E-state index is 14.2. The highest BCUT2D eigenvalue weighted by atomic mass is 19.2. The first kappa shape index (κ1) is 28.0. The molecular formula is C28H44F2N8O. The Labute approximate surface area is 230 Å². The molecule has 0 aromatic rings. The van der Waals surface area contributed by atoms with Gasteiger partial charge in [0, 0.05) is 45.1 Å². The number of amidine groups is 1. The zero-order valence-electron chi connectivity index (χ0n) is 23.5. The molecule has 9 nitrogen and oxygen atoms in total. The Hall–Kier alpha value is -2.50. The number of carbonyl (C=O) groups excluding carboxylic acids is 1. The van der Waals surface area contributed by atoms with Crippen LogP contribution in [0, 0.1) is 11.8 Å². The lowest BCUT2D eigenvalue weighted by Gasteiger charge is -2.42. The minimum absolute atomic E-state index is 0.0255. The number of likely N-dealkylation sites (N-methyl/N-ethyl adjacent to an activating group) is 1. The maximum absolute atomic E-state index is 14.2. The number of piperazine rings is 1. The average molecular weight is 547 g/mol. The van der Waals surface area contributed by atoms with Gasteiger partial charge in [-0.15, -0.1) is 0 Å². The van der Waals surface area contributed by atoms with E-state index in [9.17, 15) is 13.6 Å². The number of hydrogen-bond acceptors (Lipinski definition) is 8. The number of rotatable bonds is 9. The number of amides is 1. The fraction of sp³-hybridized carbons (Fsp3) is 0.714. The van der Waals surface area contributed by atoms with E-state index in [1.54, 1.807) is 0 Å². The van der Waals surface area contributed by atoms with Crippen LogP contribution >= 0.6 is 0 Å². The van der Waals surface area contributed by atoms with E-state index in [0.29, 0.717) is 19.1 Å². The number of unbranched alkanes of at least 4 members (excludes halogenated alkanes) is 1. The second-order valence-electron chi connectivity index (χ2n) is 11.6. The number of allylic oxidation sites excluding steroid dienone is 3. The first-order chi connectivity index (χ1) is 18.8. The SMILES string of the molecule is CCCCN(C)CCN1CC(C2=CC(F)=C(F)C[C@@H]2C)N=C1C1CCN(C2=C3NC(=O)CNC3NCN2)CC1. The smallest absolute Gasteiger partial charge is 0.238 e. The molecule has 0 saturated carbocycles. The van der Waals surface area contributed by atoms with E-state index < -0.39 is 11.7 Å². The van der Waals surface area contributed by atoms with Crippen molar-refractivity contribution < 1.29 is 13.6 Å². The summed E-state index contributed by atoms with van der Waals surface area (Å²) < 4.78 is 28.2. The van der Waals surface area contributed by atoms with E-state index in [4.69, 9.17) is 4.99 Å². The molecule has 0 aromatic heterocycles. The molecule has 39 heavy (non-hydrogen) atoms. The van der Waals surface area contributed by atoms with Gasteiger partial charge in [-0.3, -0.25) is 20.4 Å². The van der Waals surface area contributed by atoms with Gasteiger partial charge >= 0.3 is 0 Å². The first-order valence-corrected chi connectivity index (χ1v) is 14.6. The van der Waals surface area contributed by atoms with Crippen LogP contribution < -0.4 is 21.3 Å². The average Bonchev–Trinajstić information content (AvgIpc) is 3.36. The molecule has 0 bridgehead atoms. The molecule has 4 N–H and O–H groups in total. The third-order valence-electron chi connectivity index (χ3n) is 8.67. The van der Waals surface area contributed by atoms with Crippen LogP contribution in [0.4, 0.5) is 8.78 Å². The third kappa shape index (κ3) is 6.30. The summed E-state index contributed by atoms with van der Waals surface area (Å²) in [5, 5.41) is 13.1. The monoisotopic (exact) mass is 546 g/mol. The molecule has 5 aliphatic rings. The summed E-state index contributed by atoms with van der Waals surface area (Å²) in [5.41, 5.74) is 1.77. The number of halogens is 2. The third-order valence-corrected chi connectivity index (χ3v) is 8.67. The Morgan fingerprint density at radius 1 is 1.18 bits per heavy atom. The molecule has 2 unspecified atom stereocenters. The number of likely N-dealkylation sites (tertiary alicyclic amines) is 1. The van der Waals surface area contributed by atoms with Crippen molar-refractivity contribution in [3.8, 4) is 0 Å². The zero-order chi connectivity index (χ0) is 27.5. The van der Waals surface area contributed by atoms with E-state index >= 15 is 0 Å². The summed E-state index contributed by atoms with van der Waals surface area (Å²) in [4.78, 5) is 24.3. The number of nitrogens with zero attached hydrogens (tertiary/aromatic N) is 4. The fourth-order valence-electron chi connectivity index (χ4n) is 6.35. The highest BCUT2D eigenvalue weighted by molar-refractivity contribution is 5.87. The summed E-state index contributed by atoms with van der Waals surface area (Å²) >= 11 is 0. The number of piperidine rings is 1. The molecule has 4 heterocycles. The highest BCUT2D eigenvalue weighted by Crippen LogP contribution is 2.36. The minimum atomic E-state index is -0.738.